The summed E-state index contributed by atoms with van der Waals surface area (Å²) in [4.78, 5) is 24.1. The number of nitrogens with zero attached hydrogens (tertiary/aromatic N) is 5. The van der Waals surface area contributed by atoms with Gasteiger partial charge in [0.2, 0.25) is 0 Å². The molecule has 0 saturated carbocycles. The molecule has 6 nitrogen and oxygen atoms in total. The quantitative estimate of drug-likeness (QED) is 0.538. The van der Waals surface area contributed by atoms with Crippen molar-refractivity contribution in [1.82, 2.24) is 24.6 Å². The summed E-state index contributed by atoms with van der Waals surface area (Å²) in [7, 11) is 1.89. The fourth-order valence-electron chi connectivity index (χ4n) is 3.34. The molecule has 0 unspecified atom stereocenters. The number of pyridine rings is 2. The molecule has 0 atom stereocenters. The summed E-state index contributed by atoms with van der Waals surface area (Å²) in [6.07, 6.45) is 3.46. The monoisotopic (exact) mass is 371 g/mol. The topological polar surface area (TPSA) is 63.9 Å². The van der Waals surface area contributed by atoms with Gasteiger partial charge in [0.25, 0.3) is 5.91 Å². The Morgan fingerprint density at radius 1 is 1.00 bits per heavy atom. The number of benzene rings is 1. The third-order valence-corrected chi connectivity index (χ3v) is 4.68. The van der Waals surface area contributed by atoms with Gasteiger partial charge in [-0.3, -0.25) is 19.4 Å². The molecule has 0 radical (unpaired) electrons. The number of aryl methyl sites for hydroxylation is 2. The number of hydrogen-bond donors (Lipinski definition) is 0. The molecule has 0 aliphatic heterocycles. The van der Waals surface area contributed by atoms with E-state index in [1.165, 1.54) is 0 Å². The zero-order chi connectivity index (χ0) is 19.5. The number of amides is 1. The number of hydrogen-bond acceptors (Lipinski definition) is 4. The maximum Gasteiger partial charge on any atom is 0.256 e. The molecule has 4 rings (SSSR count). The second-order valence-corrected chi connectivity index (χ2v) is 6.76. The minimum atomic E-state index is -0.0752. The first-order valence-electron chi connectivity index (χ1n) is 9.14. The third-order valence-electron chi connectivity index (χ3n) is 4.68. The molecule has 0 aliphatic carbocycles. The van der Waals surface area contributed by atoms with Gasteiger partial charge in [-0.1, -0.05) is 24.3 Å². The lowest BCUT2D eigenvalue weighted by molar-refractivity contribution is 0.0725. The molecule has 0 N–H and O–H groups in total. The molecule has 1 aromatic carbocycles. The fraction of sp³-hybridized carbons (Fsp3) is 0.182. The predicted molar refractivity (Wildman–Crippen MR) is 108 cm³/mol. The van der Waals surface area contributed by atoms with Crippen LogP contribution in [0.4, 0.5) is 0 Å². The van der Waals surface area contributed by atoms with Crippen LogP contribution in [0.2, 0.25) is 0 Å². The Morgan fingerprint density at radius 2 is 1.82 bits per heavy atom. The van der Waals surface area contributed by atoms with Crippen molar-refractivity contribution in [3.05, 3.63) is 89.6 Å². The Morgan fingerprint density at radius 3 is 2.57 bits per heavy atom. The summed E-state index contributed by atoms with van der Waals surface area (Å²) in [5.41, 5.74) is 4.03. The van der Waals surface area contributed by atoms with Gasteiger partial charge in [-0.15, -0.1) is 0 Å². The van der Waals surface area contributed by atoms with E-state index in [1.54, 1.807) is 17.3 Å². The van der Waals surface area contributed by atoms with Crippen LogP contribution >= 0.6 is 0 Å². The van der Waals surface area contributed by atoms with Crippen LogP contribution in [0.1, 0.15) is 27.4 Å². The standard InChI is InChI=1S/C22H21N5O/c1-16-13-19(26(2)25-16)15-27(14-18-9-3-4-11-23-18)22(28)20-10-5-7-17-8-6-12-24-21(17)20/h3-13H,14-15H2,1-2H3. The number of rotatable bonds is 5. The molecule has 0 aliphatic rings. The summed E-state index contributed by atoms with van der Waals surface area (Å²) >= 11 is 0. The molecule has 3 aromatic heterocycles. The lowest BCUT2D eigenvalue weighted by Crippen LogP contribution is -2.31. The van der Waals surface area contributed by atoms with E-state index in [2.05, 4.69) is 15.1 Å². The lowest BCUT2D eigenvalue weighted by atomic mass is 10.1. The first-order valence-corrected chi connectivity index (χ1v) is 9.14. The second kappa shape index (κ2) is 7.60. The van der Waals surface area contributed by atoms with Crippen LogP contribution in [0.5, 0.6) is 0 Å². The van der Waals surface area contributed by atoms with Crippen LogP contribution in [-0.4, -0.2) is 30.6 Å². The Labute approximate surface area is 163 Å². The highest BCUT2D eigenvalue weighted by atomic mass is 16.2. The SMILES string of the molecule is Cc1cc(CN(Cc2ccccn2)C(=O)c2cccc3cccnc23)n(C)n1. The molecule has 140 valence electrons. The summed E-state index contributed by atoms with van der Waals surface area (Å²) in [5.74, 6) is -0.0752. The Hall–Kier alpha value is -3.54. The van der Waals surface area contributed by atoms with Gasteiger partial charge >= 0.3 is 0 Å². The summed E-state index contributed by atoms with van der Waals surface area (Å²) in [6, 6.07) is 17.3. The summed E-state index contributed by atoms with van der Waals surface area (Å²) < 4.78 is 1.81. The van der Waals surface area contributed by atoms with Crippen molar-refractivity contribution < 1.29 is 4.79 Å². The fourth-order valence-corrected chi connectivity index (χ4v) is 3.34. The van der Waals surface area contributed by atoms with E-state index in [0.717, 1.165) is 22.5 Å². The zero-order valence-electron chi connectivity index (χ0n) is 15.9. The van der Waals surface area contributed by atoms with E-state index >= 15 is 0 Å². The smallest absolute Gasteiger partial charge is 0.256 e. The summed E-state index contributed by atoms with van der Waals surface area (Å²) in [5, 5.41) is 5.35. The van der Waals surface area contributed by atoms with Crippen molar-refractivity contribution >= 4 is 16.8 Å². The predicted octanol–water partition coefficient (Wildman–Crippen LogP) is 3.51. The van der Waals surface area contributed by atoms with Crippen molar-refractivity contribution in [3.63, 3.8) is 0 Å². The highest BCUT2D eigenvalue weighted by molar-refractivity contribution is 6.05. The van der Waals surface area contributed by atoms with Gasteiger partial charge in [-0.25, -0.2) is 0 Å². The molecule has 3 heterocycles. The maximum atomic E-state index is 13.5. The number of para-hydroxylation sites is 1. The lowest BCUT2D eigenvalue weighted by Gasteiger charge is -2.23. The van der Waals surface area contributed by atoms with Gasteiger partial charge < -0.3 is 4.90 Å². The highest BCUT2D eigenvalue weighted by Gasteiger charge is 2.21. The largest absolute Gasteiger partial charge is 0.327 e. The highest BCUT2D eigenvalue weighted by Crippen LogP contribution is 2.20. The molecule has 1 amide bonds. The second-order valence-electron chi connectivity index (χ2n) is 6.76. The molecule has 0 fully saturated rings. The normalized spacial score (nSPS) is 10.9. The van der Waals surface area contributed by atoms with Crippen molar-refractivity contribution in [1.29, 1.82) is 0 Å². The molecule has 28 heavy (non-hydrogen) atoms. The minimum Gasteiger partial charge on any atom is -0.327 e. The molecule has 4 aromatic rings. The number of aromatic nitrogens is 4. The van der Waals surface area contributed by atoms with Gasteiger partial charge in [-0.2, -0.15) is 5.10 Å². The molecule has 0 bridgehead atoms. The average molecular weight is 371 g/mol. The maximum absolute atomic E-state index is 13.5. The van der Waals surface area contributed by atoms with E-state index in [9.17, 15) is 4.79 Å². The van der Waals surface area contributed by atoms with Crippen LogP contribution in [0.3, 0.4) is 0 Å². The van der Waals surface area contributed by atoms with Crippen molar-refractivity contribution in [2.45, 2.75) is 20.0 Å². The first kappa shape index (κ1) is 17.9. The molecular formula is C22H21N5O. The van der Waals surface area contributed by atoms with Crippen molar-refractivity contribution in [3.8, 4) is 0 Å². The van der Waals surface area contributed by atoms with Crippen LogP contribution in [-0.2, 0) is 20.1 Å². The van der Waals surface area contributed by atoms with E-state index in [4.69, 9.17) is 0 Å². The van der Waals surface area contributed by atoms with E-state index in [-0.39, 0.29) is 5.91 Å². The van der Waals surface area contributed by atoms with Crippen LogP contribution in [0, 0.1) is 6.92 Å². The van der Waals surface area contributed by atoms with Gasteiger partial charge in [0.15, 0.2) is 0 Å². The Kier molecular flexibility index (Phi) is 4.85. The van der Waals surface area contributed by atoms with Crippen LogP contribution in [0.25, 0.3) is 10.9 Å². The third kappa shape index (κ3) is 3.62. The molecule has 6 heteroatoms. The van der Waals surface area contributed by atoms with Gasteiger partial charge in [0, 0.05) is 24.8 Å². The van der Waals surface area contributed by atoms with Gasteiger partial charge in [0.05, 0.1) is 41.3 Å². The van der Waals surface area contributed by atoms with E-state index in [0.29, 0.717) is 24.2 Å². The summed E-state index contributed by atoms with van der Waals surface area (Å²) in [6.45, 7) is 2.80. The molecular weight excluding hydrogens is 350 g/mol. The number of carbonyl (C=O) groups excluding carboxylic acids is 1. The molecule has 0 saturated heterocycles. The van der Waals surface area contributed by atoms with Crippen molar-refractivity contribution in [2.75, 3.05) is 0 Å². The van der Waals surface area contributed by atoms with E-state index < -0.39 is 0 Å². The van der Waals surface area contributed by atoms with Crippen LogP contribution in [0.15, 0.2) is 67.0 Å². The Balaban J connectivity index is 1.73. The zero-order valence-corrected chi connectivity index (χ0v) is 15.9. The molecule has 0 spiro atoms. The van der Waals surface area contributed by atoms with Crippen molar-refractivity contribution in [2.24, 2.45) is 7.05 Å². The van der Waals surface area contributed by atoms with Gasteiger partial charge in [-0.05, 0) is 37.3 Å². The minimum absolute atomic E-state index is 0.0752. The average Bonchev–Trinajstić information content (AvgIpc) is 3.04. The first-order chi connectivity index (χ1) is 13.6. The van der Waals surface area contributed by atoms with Crippen LogP contribution < -0.4 is 0 Å². The Bertz CT molecular complexity index is 1110. The number of fused-ring (bicyclic) bond motifs is 1. The number of carbonyl (C=O) groups is 1. The van der Waals surface area contributed by atoms with E-state index in [1.807, 2.05) is 73.3 Å². The van der Waals surface area contributed by atoms with Gasteiger partial charge in [0.1, 0.15) is 0 Å².